The third-order valence-corrected chi connectivity index (χ3v) is 6.93. The minimum atomic E-state index is 0.701. The van der Waals surface area contributed by atoms with Gasteiger partial charge >= 0.3 is 0 Å². The van der Waals surface area contributed by atoms with E-state index in [2.05, 4.69) is 114 Å². The first-order chi connectivity index (χ1) is 18.8. The van der Waals surface area contributed by atoms with Crippen LogP contribution in [0, 0.1) is 0 Å². The van der Waals surface area contributed by atoms with Gasteiger partial charge in [0.25, 0.3) is 0 Å². The zero-order valence-electron chi connectivity index (χ0n) is 20.6. The molecule has 5 aromatic carbocycles. The van der Waals surface area contributed by atoms with E-state index < -0.39 is 0 Å². The number of fused-ring (bicyclic) bond motifs is 2. The second kappa shape index (κ2) is 9.38. The molecule has 0 N–H and O–H groups in total. The first-order valence-corrected chi connectivity index (χ1v) is 12.7. The summed E-state index contributed by atoms with van der Waals surface area (Å²) in [7, 11) is 0. The number of hydrogen-bond acceptors (Lipinski definition) is 3. The quantitative estimate of drug-likeness (QED) is 0.250. The average Bonchev–Trinajstić information content (AvgIpc) is 3.01. The number of nitrogens with zero attached hydrogens (tertiary/aromatic N) is 3. The average molecular weight is 486 g/mol. The first-order valence-electron chi connectivity index (χ1n) is 12.7. The Balaban J connectivity index is 1.34. The number of pyridine rings is 1. The molecule has 0 spiro atoms. The molecule has 0 fully saturated rings. The third kappa shape index (κ3) is 4.10. The van der Waals surface area contributed by atoms with Crippen LogP contribution in [0.15, 0.2) is 140 Å². The SMILES string of the molecule is c1ccc(-c2cc(-c3ccc4ccccc4c3)nc(-c3ccc(-c4nccc5ccccc45)cc3)n2)cc1. The van der Waals surface area contributed by atoms with Crippen molar-refractivity contribution < 1.29 is 0 Å². The van der Waals surface area contributed by atoms with Gasteiger partial charge in [-0.15, -0.1) is 0 Å². The summed E-state index contributed by atoms with van der Waals surface area (Å²) in [4.78, 5) is 14.7. The Hall–Kier alpha value is -5.15. The van der Waals surface area contributed by atoms with E-state index in [1.807, 2.05) is 30.5 Å². The van der Waals surface area contributed by atoms with E-state index in [1.165, 1.54) is 16.2 Å². The molecular weight excluding hydrogens is 462 g/mol. The smallest absolute Gasteiger partial charge is 0.160 e. The van der Waals surface area contributed by atoms with Gasteiger partial charge < -0.3 is 0 Å². The summed E-state index contributed by atoms with van der Waals surface area (Å²) in [5.74, 6) is 0.701. The largest absolute Gasteiger partial charge is 0.256 e. The molecule has 178 valence electrons. The normalized spacial score (nSPS) is 11.2. The van der Waals surface area contributed by atoms with Gasteiger partial charge in [-0.2, -0.15) is 0 Å². The molecule has 7 aromatic rings. The van der Waals surface area contributed by atoms with Gasteiger partial charge in [-0.1, -0.05) is 115 Å². The van der Waals surface area contributed by atoms with Crippen LogP contribution in [0.2, 0.25) is 0 Å². The van der Waals surface area contributed by atoms with Gasteiger partial charge in [0, 0.05) is 33.8 Å². The van der Waals surface area contributed by atoms with Gasteiger partial charge in [0.2, 0.25) is 0 Å². The predicted octanol–water partition coefficient (Wildman–Crippen LogP) is 8.85. The highest BCUT2D eigenvalue weighted by molar-refractivity contribution is 5.94. The van der Waals surface area contributed by atoms with E-state index in [1.54, 1.807) is 0 Å². The van der Waals surface area contributed by atoms with Crippen molar-refractivity contribution in [3.8, 4) is 45.2 Å². The molecule has 3 nitrogen and oxygen atoms in total. The highest BCUT2D eigenvalue weighted by Crippen LogP contribution is 2.31. The lowest BCUT2D eigenvalue weighted by atomic mass is 10.0. The fourth-order valence-electron chi connectivity index (χ4n) is 4.96. The van der Waals surface area contributed by atoms with Gasteiger partial charge in [-0.3, -0.25) is 4.98 Å². The van der Waals surface area contributed by atoms with Crippen molar-refractivity contribution in [1.82, 2.24) is 15.0 Å². The molecule has 0 amide bonds. The maximum atomic E-state index is 5.03. The Kier molecular flexibility index (Phi) is 5.45. The van der Waals surface area contributed by atoms with Crippen LogP contribution >= 0.6 is 0 Å². The maximum absolute atomic E-state index is 5.03. The van der Waals surface area contributed by atoms with Crippen molar-refractivity contribution in [3.05, 3.63) is 140 Å². The highest BCUT2D eigenvalue weighted by atomic mass is 14.9. The van der Waals surface area contributed by atoms with Crippen molar-refractivity contribution in [1.29, 1.82) is 0 Å². The van der Waals surface area contributed by atoms with Crippen LogP contribution in [0.3, 0.4) is 0 Å². The van der Waals surface area contributed by atoms with Crippen LogP contribution in [0.4, 0.5) is 0 Å². The van der Waals surface area contributed by atoms with E-state index in [-0.39, 0.29) is 0 Å². The first kappa shape index (κ1) is 22.1. The molecule has 7 rings (SSSR count). The molecule has 0 saturated carbocycles. The number of aromatic nitrogens is 3. The molecule has 0 unspecified atom stereocenters. The summed E-state index contributed by atoms with van der Waals surface area (Å²) >= 11 is 0. The Labute approximate surface area is 221 Å². The lowest BCUT2D eigenvalue weighted by Crippen LogP contribution is -1.96. The summed E-state index contributed by atoms with van der Waals surface area (Å²) < 4.78 is 0. The Bertz CT molecular complexity index is 1900. The number of rotatable bonds is 4. The molecule has 0 radical (unpaired) electrons. The third-order valence-electron chi connectivity index (χ3n) is 6.93. The summed E-state index contributed by atoms with van der Waals surface area (Å²) in [6, 6.07) is 46.0. The van der Waals surface area contributed by atoms with Crippen LogP contribution < -0.4 is 0 Å². The highest BCUT2D eigenvalue weighted by Gasteiger charge is 2.12. The predicted molar refractivity (Wildman–Crippen MR) is 157 cm³/mol. The van der Waals surface area contributed by atoms with Crippen LogP contribution in [0.25, 0.3) is 66.7 Å². The molecule has 0 bridgehead atoms. The molecule has 2 heterocycles. The second-order valence-corrected chi connectivity index (χ2v) is 9.35. The van der Waals surface area contributed by atoms with Crippen molar-refractivity contribution in [3.63, 3.8) is 0 Å². The van der Waals surface area contributed by atoms with Crippen molar-refractivity contribution in [2.75, 3.05) is 0 Å². The van der Waals surface area contributed by atoms with E-state index >= 15 is 0 Å². The summed E-state index contributed by atoms with van der Waals surface area (Å²) in [5, 5.41) is 4.73. The molecule has 0 saturated heterocycles. The molecule has 0 aliphatic rings. The minimum absolute atomic E-state index is 0.701. The monoisotopic (exact) mass is 485 g/mol. The maximum Gasteiger partial charge on any atom is 0.160 e. The summed E-state index contributed by atoms with van der Waals surface area (Å²) in [5.41, 5.74) is 6.95. The van der Waals surface area contributed by atoms with Crippen molar-refractivity contribution in [2.24, 2.45) is 0 Å². The van der Waals surface area contributed by atoms with Crippen LogP contribution in [0.5, 0.6) is 0 Å². The standard InChI is InChI=1S/C35H23N3/c1-2-10-26(11-3-1)32-23-33(30-19-14-24-8-4-5-12-29(24)22-30)38-35(37-32)28-17-15-27(16-18-28)34-31-13-7-6-9-25(31)20-21-36-34/h1-23H. The summed E-state index contributed by atoms with van der Waals surface area (Å²) in [6.45, 7) is 0. The van der Waals surface area contributed by atoms with Crippen LogP contribution in [0.1, 0.15) is 0 Å². The van der Waals surface area contributed by atoms with E-state index in [0.717, 1.165) is 44.7 Å². The second-order valence-electron chi connectivity index (χ2n) is 9.35. The van der Waals surface area contributed by atoms with Crippen molar-refractivity contribution in [2.45, 2.75) is 0 Å². The molecule has 0 aliphatic carbocycles. The van der Waals surface area contributed by atoms with Crippen molar-refractivity contribution >= 4 is 21.5 Å². The zero-order valence-corrected chi connectivity index (χ0v) is 20.6. The molecule has 2 aromatic heterocycles. The Morgan fingerprint density at radius 1 is 0.395 bits per heavy atom. The lowest BCUT2D eigenvalue weighted by Gasteiger charge is -2.11. The molecule has 3 heteroatoms. The van der Waals surface area contributed by atoms with E-state index in [4.69, 9.17) is 9.97 Å². The molecular formula is C35H23N3. The fraction of sp³-hybridized carbons (Fsp3) is 0. The van der Waals surface area contributed by atoms with Gasteiger partial charge in [0.05, 0.1) is 17.1 Å². The Morgan fingerprint density at radius 2 is 1.03 bits per heavy atom. The van der Waals surface area contributed by atoms with Gasteiger partial charge in [-0.25, -0.2) is 9.97 Å². The number of hydrogen-bond donors (Lipinski definition) is 0. The van der Waals surface area contributed by atoms with Gasteiger partial charge in [0.1, 0.15) is 0 Å². The van der Waals surface area contributed by atoms with Gasteiger partial charge in [0.15, 0.2) is 5.82 Å². The van der Waals surface area contributed by atoms with E-state index in [9.17, 15) is 0 Å². The summed E-state index contributed by atoms with van der Waals surface area (Å²) in [6.07, 6.45) is 1.87. The molecule has 38 heavy (non-hydrogen) atoms. The lowest BCUT2D eigenvalue weighted by molar-refractivity contribution is 1.18. The fourth-order valence-corrected chi connectivity index (χ4v) is 4.96. The Morgan fingerprint density at radius 3 is 1.84 bits per heavy atom. The number of benzene rings is 5. The molecule has 0 atom stereocenters. The van der Waals surface area contributed by atoms with Crippen LogP contribution in [-0.4, -0.2) is 15.0 Å². The van der Waals surface area contributed by atoms with Crippen LogP contribution in [-0.2, 0) is 0 Å². The minimum Gasteiger partial charge on any atom is -0.256 e. The molecule has 0 aliphatic heterocycles. The van der Waals surface area contributed by atoms with E-state index in [0.29, 0.717) is 5.82 Å². The topological polar surface area (TPSA) is 38.7 Å². The zero-order chi connectivity index (χ0) is 25.3. The van der Waals surface area contributed by atoms with Gasteiger partial charge in [-0.05, 0) is 34.4 Å².